The molecule has 8 aromatic carbocycles. The van der Waals surface area contributed by atoms with E-state index in [9.17, 15) is 0 Å². The van der Waals surface area contributed by atoms with Crippen LogP contribution in [-0.2, 0) is 51.7 Å². The van der Waals surface area contributed by atoms with Crippen molar-refractivity contribution in [3.05, 3.63) is 306 Å². The smallest absolute Gasteiger partial charge is 0.326 e. The molecule has 0 aliphatic carbocycles. The number of pyridine rings is 2. The fourth-order valence-corrected chi connectivity index (χ4v) is 10.1. The summed E-state index contributed by atoms with van der Waals surface area (Å²) in [7, 11) is 0. The van der Waals surface area contributed by atoms with Crippen LogP contribution in [0.3, 0.4) is 0 Å². The number of rotatable bonds is 11. The molecule has 342 valence electrons. The molecular formula is C62H39N7Pd2. The van der Waals surface area contributed by atoms with Crippen molar-refractivity contribution in [1.29, 1.82) is 0 Å². The van der Waals surface area contributed by atoms with E-state index in [0.29, 0.717) is 5.95 Å². The summed E-state index contributed by atoms with van der Waals surface area (Å²) >= 11 is 0. The van der Waals surface area contributed by atoms with Crippen LogP contribution in [0.5, 0.6) is 0 Å². The first-order valence-corrected chi connectivity index (χ1v) is 22.8. The molecule has 0 saturated heterocycles. The predicted molar refractivity (Wildman–Crippen MR) is 270 cm³/mol. The monoisotopic (exact) mass is 1090 g/mol. The van der Waals surface area contributed by atoms with Gasteiger partial charge in [-0.3, -0.25) is 0 Å². The molecule has 0 fully saturated rings. The first-order valence-electron chi connectivity index (χ1n) is 22.8. The van der Waals surface area contributed by atoms with Crippen molar-refractivity contribution in [2.75, 3.05) is 0 Å². The zero-order chi connectivity index (χ0) is 46.0. The molecule has 0 unspecified atom stereocenters. The molecule has 7 nitrogen and oxygen atoms in total. The molecule has 0 N–H and O–H groups in total. The molecule has 9 heteroatoms. The molecule has 4 aromatic heterocycles. The van der Waals surface area contributed by atoms with E-state index in [0.717, 1.165) is 88.8 Å². The molecule has 0 spiro atoms. The van der Waals surface area contributed by atoms with Crippen LogP contribution in [0.15, 0.2) is 237 Å². The van der Waals surface area contributed by atoms with Crippen LogP contribution in [0.4, 0.5) is 0 Å². The molecule has 0 bridgehead atoms. The molecule has 12 rings (SSSR count). The first-order chi connectivity index (χ1) is 34.2. The van der Waals surface area contributed by atoms with Gasteiger partial charge in [0.2, 0.25) is 0 Å². The van der Waals surface area contributed by atoms with Crippen molar-refractivity contribution < 1.29 is 40.8 Å². The Bertz CT molecular complexity index is 3410. The predicted octanol–water partition coefficient (Wildman–Crippen LogP) is 12.4. The molecule has 0 aliphatic rings. The maximum absolute atomic E-state index is 4.72. The molecule has 0 amide bonds. The molecular weight excluding hydrogens is 1060 g/mol. The van der Waals surface area contributed by atoms with Gasteiger partial charge in [-0.05, 0) is 45.8 Å². The second-order valence-electron chi connectivity index (χ2n) is 16.8. The second kappa shape index (κ2) is 20.2. The standard InChI is InChI=1S/C62H39N7.2Pd/c1-5-21-46(22-6-1)61(47-23-7-2-8-24-47,50-29-17-19-44(39-50)56-31-13-15-37-63-56)52-33-35-54-55-36-34-53(42-59(55)69(58(54)41-52)60-67-65-43-66-68-60)62(48-25-9-3-10-26-48,49-27-11-4-12-28-49)51-30-18-20-45(40-51)57-32-14-16-38-64-57;;/h1-38,43H;;/q-4;2*+2. The van der Waals surface area contributed by atoms with Gasteiger partial charge >= 0.3 is 40.8 Å². The van der Waals surface area contributed by atoms with Gasteiger partial charge in [0.25, 0.3) is 5.95 Å². The minimum atomic E-state index is -0.893. The van der Waals surface area contributed by atoms with Gasteiger partial charge in [0.1, 0.15) is 0 Å². The second-order valence-corrected chi connectivity index (χ2v) is 16.8. The number of nitrogens with zero attached hydrogens (tertiary/aromatic N) is 7. The first kappa shape index (κ1) is 46.8. The minimum Gasteiger partial charge on any atom is -0.326 e. The van der Waals surface area contributed by atoms with Crippen molar-refractivity contribution in [3.63, 3.8) is 0 Å². The summed E-state index contributed by atoms with van der Waals surface area (Å²) in [5.74, 6) is 0.293. The fourth-order valence-electron chi connectivity index (χ4n) is 10.1. The third kappa shape index (κ3) is 8.14. The van der Waals surface area contributed by atoms with Crippen molar-refractivity contribution in [2.24, 2.45) is 0 Å². The summed E-state index contributed by atoms with van der Waals surface area (Å²) in [6.07, 6.45) is 4.98. The van der Waals surface area contributed by atoms with E-state index in [1.165, 1.54) is 6.33 Å². The Labute approximate surface area is 439 Å². The number of fused-ring (bicyclic) bond motifs is 3. The summed E-state index contributed by atoms with van der Waals surface area (Å²) in [5, 5.41) is 19.7. The zero-order valence-corrected chi connectivity index (χ0v) is 40.9. The van der Waals surface area contributed by atoms with Gasteiger partial charge in [0.05, 0.1) is 0 Å². The normalized spacial score (nSPS) is 11.4. The van der Waals surface area contributed by atoms with E-state index >= 15 is 0 Å². The van der Waals surface area contributed by atoms with Gasteiger partial charge in [-0.2, -0.15) is 47.2 Å². The third-order valence-electron chi connectivity index (χ3n) is 13.1. The molecule has 0 saturated carbocycles. The summed E-state index contributed by atoms with van der Waals surface area (Å²) < 4.78 is 2.00. The quantitative estimate of drug-likeness (QED) is 0.0729. The van der Waals surface area contributed by atoms with Crippen molar-refractivity contribution >= 4 is 21.8 Å². The summed E-state index contributed by atoms with van der Waals surface area (Å²) in [6.45, 7) is 0. The average molecular weight is 1090 g/mol. The van der Waals surface area contributed by atoms with E-state index in [-0.39, 0.29) is 40.8 Å². The molecule has 4 heterocycles. The summed E-state index contributed by atoms with van der Waals surface area (Å²) in [4.78, 5) is 9.45. The van der Waals surface area contributed by atoms with Crippen LogP contribution in [0.2, 0.25) is 0 Å². The SMILES string of the molecule is [Pd+2].[Pd+2].[c-]1c(-c2ccccn2)cccc1C(c1[c-]c2c(cc1)c1ccc(C(c3[c-]c(-c4ccccn4)ccc3)(c3ccccc3)c3ccccc3)[c-]c1n2-c1nncnn1)(c1ccccc1)c1ccccc1. The van der Waals surface area contributed by atoms with Crippen molar-refractivity contribution in [2.45, 2.75) is 10.8 Å². The van der Waals surface area contributed by atoms with Crippen molar-refractivity contribution in [1.82, 2.24) is 34.9 Å². The van der Waals surface area contributed by atoms with Crippen LogP contribution in [0.25, 0.3) is 50.3 Å². The Hall–Kier alpha value is -7.88. The Morgan fingerprint density at radius 2 is 0.704 bits per heavy atom. The third-order valence-corrected chi connectivity index (χ3v) is 13.1. The van der Waals surface area contributed by atoms with Crippen LogP contribution < -0.4 is 0 Å². The fraction of sp³-hybridized carbons (Fsp3) is 0.0323. The van der Waals surface area contributed by atoms with Gasteiger partial charge in [0, 0.05) is 23.2 Å². The minimum absolute atomic E-state index is 0. The topological polar surface area (TPSA) is 82.3 Å². The van der Waals surface area contributed by atoms with E-state index in [4.69, 9.17) is 9.97 Å². The van der Waals surface area contributed by atoms with Crippen LogP contribution in [0, 0.1) is 24.3 Å². The van der Waals surface area contributed by atoms with Gasteiger partial charge in [-0.15, -0.1) is 102 Å². The molecule has 71 heavy (non-hydrogen) atoms. The zero-order valence-electron chi connectivity index (χ0n) is 37.8. The summed E-state index contributed by atoms with van der Waals surface area (Å²) in [5.41, 5.74) is 11.0. The molecule has 12 aromatic rings. The van der Waals surface area contributed by atoms with Gasteiger partial charge in [0.15, 0.2) is 6.33 Å². The Balaban J connectivity index is 0.00000291. The molecule has 0 aliphatic heterocycles. The Kier molecular flexibility index (Phi) is 13.3. The number of benzene rings is 8. The van der Waals surface area contributed by atoms with Crippen LogP contribution in [0.1, 0.15) is 44.5 Å². The van der Waals surface area contributed by atoms with Gasteiger partial charge in [-0.25, -0.2) is 0 Å². The maximum Gasteiger partial charge on any atom is 2.00 e. The van der Waals surface area contributed by atoms with Crippen LogP contribution >= 0.6 is 0 Å². The van der Waals surface area contributed by atoms with E-state index < -0.39 is 10.8 Å². The van der Waals surface area contributed by atoms with E-state index in [1.807, 2.05) is 53.4 Å². The van der Waals surface area contributed by atoms with Crippen molar-refractivity contribution in [3.8, 4) is 28.5 Å². The Morgan fingerprint density at radius 1 is 0.338 bits per heavy atom. The van der Waals surface area contributed by atoms with Crippen LogP contribution in [-0.4, -0.2) is 34.9 Å². The summed E-state index contributed by atoms with van der Waals surface area (Å²) in [6, 6.07) is 91.4. The van der Waals surface area contributed by atoms with Gasteiger partial charge in [-0.1, -0.05) is 157 Å². The number of hydrogen-bond donors (Lipinski definition) is 0. The molecule has 0 atom stereocenters. The Morgan fingerprint density at radius 3 is 1.07 bits per heavy atom. The van der Waals surface area contributed by atoms with E-state index in [2.05, 4.69) is 227 Å². The van der Waals surface area contributed by atoms with Gasteiger partial charge < -0.3 is 14.5 Å². The largest absolute Gasteiger partial charge is 2.00 e. The van der Waals surface area contributed by atoms with E-state index in [1.54, 1.807) is 0 Å². The maximum atomic E-state index is 4.72. The number of aromatic nitrogens is 7. The molecule has 0 radical (unpaired) electrons. The average Bonchev–Trinajstić information content (AvgIpc) is 3.76. The number of hydrogen-bond acceptors (Lipinski definition) is 6.